The highest BCUT2D eigenvalue weighted by Gasteiger charge is 2.16. The first-order valence-corrected chi connectivity index (χ1v) is 16.2. The van der Waals surface area contributed by atoms with E-state index in [0.717, 1.165) is 32.1 Å². The number of hydrogen-bond acceptors (Lipinski definition) is 4. The molecule has 2 unspecified atom stereocenters. The number of carbonyl (C=O) groups is 1. The molecule has 0 heterocycles. The molecule has 0 aliphatic carbocycles. The van der Waals surface area contributed by atoms with Crippen LogP contribution in [-0.4, -0.2) is 59.4 Å². The molecule has 0 aliphatic heterocycles. The summed E-state index contributed by atoms with van der Waals surface area (Å²) >= 11 is 0. The number of nitrogens with zero attached hydrogens (tertiary/aromatic N) is 1. The normalized spacial score (nSPS) is 13.4. The molecule has 5 nitrogen and oxygen atoms in total. The number of rotatable bonds is 28. The Bertz CT molecular complexity index is 459. The molecule has 0 radical (unpaired) electrons. The minimum atomic E-state index is -0.368. The lowest BCUT2D eigenvalue weighted by atomic mass is 10.0. The van der Waals surface area contributed by atoms with Gasteiger partial charge < -0.3 is 15.5 Å². The average molecular weight is 527 g/mol. The van der Waals surface area contributed by atoms with Gasteiger partial charge in [-0.25, -0.2) is 0 Å². The van der Waals surface area contributed by atoms with E-state index in [2.05, 4.69) is 37.9 Å². The quantitative estimate of drug-likeness (QED) is 0.0917. The molecule has 0 saturated heterocycles. The SMILES string of the molecule is CCCCCCCCCCC(O)CN(CCNC(=O)CCC(C)C)CC(O)CCCCCCCCCC. The number of carbonyl (C=O) groups excluding carboxylic acids is 1. The van der Waals surface area contributed by atoms with Crippen molar-refractivity contribution in [1.29, 1.82) is 0 Å². The summed E-state index contributed by atoms with van der Waals surface area (Å²) in [4.78, 5) is 14.3. The van der Waals surface area contributed by atoms with E-state index in [9.17, 15) is 15.0 Å². The predicted octanol–water partition coefficient (Wildman–Crippen LogP) is 7.62. The molecule has 0 aromatic heterocycles. The molecule has 5 heteroatoms. The van der Waals surface area contributed by atoms with E-state index in [0.29, 0.717) is 38.5 Å². The van der Waals surface area contributed by atoms with Gasteiger partial charge in [0.15, 0.2) is 0 Å². The van der Waals surface area contributed by atoms with Gasteiger partial charge in [-0.15, -0.1) is 0 Å². The smallest absolute Gasteiger partial charge is 0.220 e. The van der Waals surface area contributed by atoms with Crippen LogP contribution in [0.25, 0.3) is 0 Å². The molecule has 37 heavy (non-hydrogen) atoms. The Morgan fingerprint density at radius 2 is 1.05 bits per heavy atom. The van der Waals surface area contributed by atoms with Crippen LogP contribution >= 0.6 is 0 Å². The number of unbranched alkanes of at least 4 members (excludes halogenated alkanes) is 14. The minimum Gasteiger partial charge on any atom is -0.392 e. The summed E-state index contributed by atoms with van der Waals surface area (Å²) < 4.78 is 0. The van der Waals surface area contributed by atoms with Gasteiger partial charge in [-0.05, 0) is 25.2 Å². The van der Waals surface area contributed by atoms with Crippen molar-refractivity contribution in [1.82, 2.24) is 10.2 Å². The zero-order valence-corrected chi connectivity index (χ0v) is 25.5. The van der Waals surface area contributed by atoms with E-state index in [-0.39, 0.29) is 18.1 Å². The monoisotopic (exact) mass is 527 g/mol. The number of aliphatic hydroxyl groups is 2. The number of aliphatic hydroxyl groups excluding tert-OH is 2. The van der Waals surface area contributed by atoms with Gasteiger partial charge in [0.1, 0.15) is 0 Å². The van der Waals surface area contributed by atoms with Crippen LogP contribution in [0.2, 0.25) is 0 Å². The van der Waals surface area contributed by atoms with Gasteiger partial charge in [-0.2, -0.15) is 0 Å². The second-order valence-corrected chi connectivity index (χ2v) is 11.9. The lowest BCUT2D eigenvalue weighted by Gasteiger charge is -2.27. The van der Waals surface area contributed by atoms with Gasteiger partial charge >= 0.3 is 0 Å². The number of nitrogens with one attached hydrogen (secondary N) is 1. The molecular formula is C32H66N2O3. The van der Waals surface area contributed by atoms with Gasteiger partial charge in [0, 0.05) is 32.6 Å². The molecule has 3 N–H and O–H groups in total. The molecule has 222 valence electrons. The van der Waals surface area contributed by atoms with E-state index in [4.69, 9.17) is 0 Å². The molecular weight excluding hydrogens is 460 g/mol. The topological polar surface area (TPSA) is 72.8 Å². The van der Waals surface area contributed by atoms with Gasteiger partial charge in [-0.3, -0.25) is 9.69 Å². The third kappa shape index (κ3) is 26.7. The lowest BCUT2D eigenvalue weighted by Crippen LogP contribution is -2.42. The molecule has 0 fully saturated rings. The molecule has 0 aromatic carbocycles. The fourth-order valence-corrected chi connectivity index (χ4v) is 4.93. The van der Waals surface area contributed by atoms with Crippen molar-refractivity contribution in [3.8, 4) is 0 Å². The largest absolute Gasteiger partial charge is 0.392 e. The standard InChI is InChI=1S/C32H66N2O3/c1-5-7-9-11-13-15-17-19-21-30(35)27-34(26-25-33-32(37)24-23-29(3)4)28-31(36)22-20-18-16-14-12-10-8-6-2/h29-31,35-36H,5-28H2,1-4H3,(H,33,37). The summed E-state index contributed by atoms with van der Waals surface area (Å²) in [6, 6.07) is 0. The second-order valence-electron chi connectivity index (χ2n) is 11.9. The highest BCUT2D eigenvalue weighted by atomic mass is 16.3. The Morgan fingerprint density at radius 1 is 0.649 bits per heavy atom. The predicted molar refractivity (Wildman–Crippen MR) is 160 cm³/mol. The van der Waals surface area contributed by atoms with Crippen molar-refractivity contribution >= 4 is 5.91 Å². The highest BCUT2D eigenvalue weighted by molar-refractivity contribution is 5.75. The molecule has 1 amide bonds. The van der Waals surface area contributed by atoms with Crippen LogP contribution in [0.3, 0.4) is 0 Å². The van der Waals surface area contributed by atoms with Crippen LogP contribution in [0.4, 0.5) is 0 Å². The van der Waals surface area contributed by atoms with Crippen LogP contribution in [0.5, 0.6) is 0 Å². The van der Waals surface area contributed by atoms with E-state index >= 15 is 0 Å². The molecule has 0 saturated carbocycles. The second kappa shape index (κ2) is 26.9. The molecule has 2 atom stereocenters. The maximum Gasteiger partial charge on any atom is 0.220 e. The zero-order chi connectivity index (χ0) is 27.6. The van der Waals surface area contributed by atoms with Crippen molar-refractivity contribution in [2.24, 2.45) is 5.92 Å². The molecule has 0 rings (SSSR count). The first-order chi connectivity index (χ1) is 17.9. The highest BCUT2D eigenvalue weighted by Crippen LogP contribution is 2.13. The fourth-order valence-electron chi connectivity index (χ4n) is 4.93. The van der Waals surface area contributed by atoms with Gasteiger partial charge in [0.2, 0.25) is 5.91 Å². The van der Waals surface area contributed by atoms with Crippen LogP contribution in [0.1, 0.15) is 156 Å². The Kier molecular flexibility index (Phi) is 26.5. The van der Waals surface area contributed by atoms with Crippen LogP contribution in [0, 0.1) is 5.92 Å². The maximum absolute atomic E-state index is 12.1. The van der Waals surface area contributed by atoms with E-state index in [1.54, 1.807) is 0 Å². The summed E-state index contributed by atoms with van der Waals surface area (Å²) in [5.74, 6) is 0.632. The van der Waals surface area contributed by atoms with Crippen molar-refractivity contribution < 1.29 is 15.0 Å². The fraction of sp³-hybridized carbons (Fsp3) is 0.969. The van der Waals surface area contributed by atoms with E-state index < -0.39 is 0 Å². The summed E-state index contributed by atoms with van der Waals surface area (Å²) in [6.07, 6.45) is 22.7. The molecule has 0 aromatic rings. The average Bonchev–Trinajstić information content (AvgIpc) is 2.86. The summed E-state index contributed by atoms with van der Waals surface area (Å²) in [5, 5.41) is 24.4. The van der Waals surface area contributed by atoms with Crippen molar-refractivity contribution in [2.45, 2.75) is 168 Å². The summed E-state index contributed by atoms with van der Waals surface area (Å²) in [6.45, 7) is 11.2. The maximum atomic E-state index is 12.1. The minimum absolute atomic E-state index is 0.104. The summed E-state index contributed by atoms with van der Waals surface area (Å²) in [7, 11) is 0. The number of hydrogen-bond donors (Lipinski definition) is 3. The van der Waals surface area contributed by atoms with Gasteiger partial charge in [0.05, 0.1) is 12.2 Å². The molecule has 0 bridgehead atoms. The first kappa shape index (κ1) is 36.4. The molecule has 0 spiro atoms. The Balaban J connectivity index is 4.32. The Morgan fingerprint density at radius 3 is 1.46 bits per heavy atom. The molecule has 0 aliphatic rings. The van der Waals surface area contributed by atoms with Crippen LogP contribution < -0.4 is 5.32 Å². The Labute approximate surface area is 231 Å². The van der Waals surface area contributed by atoms with Crippen molar-refractivity contribution in [3.63, 3.8) is 0 Å². The Hall–Kier alpha value is -0.650. The summed E-state index contributed by atoms with van der Waals surface area (Å²) in [5.41, 5.74) is 0. The lowest BCUT2D eigenvalue weighted by molar-refractivity contribution is -0.121. The van der Waals surface area contributed by atoms with Crippen LogP contribution in [0.15, 0.2) is 0 Å². The number of amides is 1. The van der Waals surface area contributed by atoms with Crippen LogP contribution in [-0.2, 0) is 4.79 Å². The van der Waals surface area contributed by atoms with E-state index in [1.807, 2.05) is 0 Å². The van der Waals surface area contributed by atoms with Gasteiger partial charge in [0.25, 0.3) is 0 Å². The van der Waals surface area contributed by atoms with E-state index in [1.165, 1.54) is 89.9 Å². The van der Waals surface area contributed by atoms with Gasteiger partial charge in [-0.1, -0.05) is 130 Å². The third-order valence-electron chi connectivity index (χ3n) is 7.42. The first-order valence-electron chi connectivity index (χ1n) is 16.2. The van der Waals surface area contributed by atoms with Crippen molar-refractivity contribution in [2.75, 3.05) is 26.2 Å². The van der Waals surface area contributed by atoms with Crippen molar-refractivity contribution in [3.05, 3.63) is 0 Å². The third-order valence-corrected chi connectivity index (χ3v) is 7.42. The zero-order valence-electron chi connectivity index (χ0n) is 25.5.